The van der Waals surface area contributed by atoms with Gasteiger partial charge in [-0.05, 0) is 48.4 Å². The molecule has 0 bridgehead atoms. The molecule has 4 nitrogen and oxygen atoms in total. The lowest BCUT2D eigenvalue weighted by molar-refractivity contribution is 0.102. The number of hydrogen-bond acceptors (Lipinski definition) is 4. The molecule has 0 aliphatic heterocycles. The summed E-state index contributed by atoms with van der Waals surface area (Å²) in [4.78, 5) is 17.4. The summed E-state index contributed by atoms with van der Waals surface area (Å²) in [6, 6.07) is 23.1. The number of nitrogens with zero attached hydrogens (tertiary/aromatic N) is 1. The standard InChI is InChI=1S/C24H22N2O2S/c1-16(2)15-28-20-10-6-7-17(14-20)23(27)25-19-9-5-8-18(13-19)24-26-21-11-3-4-12-22(21)29-24/h3-14,16H,15H2,1-2H3,(H,25,27). The van der Waals surface area contributed by atoms with Gasteiger partial charge in [-0.15, -0.1) is 11.3 Å². The van der Waals surface area contributed by atoms with Crippen LogP contribution in [0.2, 0.25) is 0 Å². The van der Waals surface area contributed by atoms with E-state index in [1.54, 1.807) is 23.5 Å². The quantitative estimate of drug-likeness (QED) is 0.415. The third kappa shape index (κ3) is 4.63. The highest BCUT2D eigenvalue weighted by molar-refractivity contribution is 7.21. The summed E-state index contributed by atoms with van der Waals surface area (Å²) in [5.74, 6) is 0.966. The molecule has 1 aromatic heterocycles. The Morgan fingerprint density at radius 1 is 1.03 bits per heavy atom. The largest absolute Gasteiger partial charge is 0.493 e. The van der Waals surface area contributed by atoms with E-state index in [-0.39, 0.29) is 5.91 Å². The summed E-state index contributed by atoms with van der Waals surface area (Å²) in [7, 11) is 0. The van der Waals surface area contributed by atoms with Crippen molar-refractivity contribution < 1.29 is 9.53 Å². The molecule has 146 valence electrons. The van der Waals surface area contributed by atoms with Gasteiger partial charge in [0.2, 0.25) is 0 Å². The number of fused-ring (bicyclic) bond motifs is 1. The number of rotatable bonds is 6. The van der Waals surface area contributed by atoms with Gasteiger partial charge in [0, 0.05) is 16.8 Å². The number of ether oxygens (including phenoxy) is 1. The van der Waals surface area contributed by atoms with E-state index in [0.717, 1.165) is 26.5 Å². The van der Waals surface area contributed by atoms with Crippen LogP contribution >= 0.6 is 11.3 Å². The molecule has 0 atom stereocenters. The van der Waals surface area contributed by atoms with E-state index in [1.807, 2.05) is 54.6 Å². The maximum Gasteiger partial charge on any atom is 0.255 e. The minimum Gasteiger partial charge on any atom is -0.493 e. The first-order chi connectivity index (χ1) is 14.1. The first kappa shape index (κ1) is 19.2. The molecule has 1 amide bonds. The van der Waals surface area contributed by atoms with Crippen molar-refractivity contribution in [1.82, 2.24) is 4.98 Å². The van der Waals surface area contributed by atoms with Gasteiger partial charge >= 0.3 is 0 Å². The SMILES string of the molecule is CC(C)COc1cccc(C(=O)Nc2cccc(-c3nc4ccccc4s3)c2)c1. The number of carbonyl (C=O) groups is 1. The maximum absolute atomic E-state index is 12.7. The van der Waals surface area contributed by atoms with Crippen LogP contribution in [0.5, 0.6) is 5.75 Å². The summed E-state index contributed by atoms with van der Waals surface area (Å²) in [5, 5.41) is 3.91. The number of nitrogens with one attached hydrogen (secondary N) is 1. The molecule has 4 rings (SSSR count). The van der Waals surface area contributed by atoms with Gasteiger partial charge in [0.15, 0.2) is 0 Å². The van der Waals surface area contributed by atoms with Crippen LogP contribution in [-0.4, -0.2) is 17.5 Å². The molecule has 4 aromatic rings. The number of aromatic nitrogens is 1. The average molecular weight is 403 g/mol. The van der Waals surface area contributed by atoms with Crippen molar-refractivity contribution >= 4 is 33.1 Å². The Morgan fingerprint density at radius 2 is 1.86 bits per heavy atom. The zero-order chi connectivity index (χ0) is 20.2. The molecule has 0 fully saturated rings. The van der Waals surface area contributed by atoms with Crippen LogP contribution in [0.15, 0.2) is 72.8 Å². The summed E-state index contributed by atoms with van der Waals surface area (Å²) in [5.41, 5.74) is 3.27. The fourth-order valence-electron chi connectivity index (χ4n) is 2.92. The fourth-order valence-corrected chi connectivity index (χ4v) is 3.88. The average Bonchev–Trinajstić information content (AvgIpc) is 3.17. The molecule has 0 spiro atoms. The fraction of sp³-hybridized carbons (Fsp3) is 0.167. The van der Waals surface area contributed by atoms with Crippen molar-refractivity contribution in [3.05, 3.63) is 78.4 Å². The number of carbonyl (C=O) groups excluding carboxylic acids is 1. The number of amides is 1. The predicted molar refractivity (Wildman–Crippen MR) is 120 cm³/mol. The minimum absolute atomic E-state index is 0.165. The van der Waals surface area contributed by atoms with Crippen LogP contribution < -0.4 is 10.1 Å². The number of hydrogen-bond donors (Lipinski definition) is 1. The van der Waals surface area contributed by atoms with Gasteiger partial charge in [0.25, 0.3) is 5.91 Å². The molecule has 0 radical (unpaired) electrons. The van der Waals surface area contributed by atoms with Crippen molar-refractivity contribution in [2.45, 2.75) is 13.8 Å². The van der Waals surface area contributed by atoms with Crippen molar-refractivity contribution in [2.75, 3.05) is 11.9 Å². The molecular weight excluding hydrogens is 380 g/mol. The third-order valence-electron chi connectivity index (χ3n) is 4.34. The van der Waals surface area contributed by atoms with E-state index in [2.05, 4.69) is 25.2 Å². The molecule has 3 aromatic carbocycles. The van der Waals surface area contributed by atoms with Gasteiger partial charge in [-0.1, -0.05) is 44.2 Å². The van der Waals surface area contributed by atoms with Crippen LogP contribution in [0.3, 0.4) is 0 Å². The topological polar surface area (TPSA) is 51.2 Å². The van der Waals surface area contributed by atoms with Crippen molar-refractivity contribution in [3.8, 4) is 16.3 Å². The van der Waals surface area contributed by atoms with E-state index in [1.165, 1.54) is 0 Å². The second-order valence-corrected chi connectivity index (χ2v) is 8.29. The van der Waals surface area contributed by atoms with Crippen molar-refractivity contribution in [3.63, 3.8) is 0 Å². The molecule has 1 N–H and O–H groups in total. The van der Waals surface area contributed by atoms with Crippen LogP contribution in [0.4, 0.5) is 5.69 Å². The van der Waals surface area contributed by atoms with Crippen LogP contribution in [0.1, 0.15) is 24.2 Å². The summed E-state index contributed by atoms with van der Waals surface area (Å²) in [6.07, 6.45) is 0. The zero-order valence-corrected chi connectivity index (χ0v) is 17.2. The van der Waals surface area contributed by atoms with E-state index >= 15 is 0 Å². The highest BCUT2D eigenvalue weighted by atomic mass is 32.1. The molecule has 0 unspecified atom stereocenters. The van der Waals surface area contributed by atoms with Crippen LogP contribution in [-0.2, 0) is 0 Å². The Labute approximate surface area is 174 Å². The van der Waals surface area contributed by atoms with Gasteiger partial charge in [-0.3, -0.25) is 4.79 Å². The zero-order valence-electron chi connectivity index (χ0n) is 16.4. The summed E-state index contributed by atoms with van der Waals surface area (Å²) < 4.78 is 6.88. The first-order valence-electron chi connectivity index (χ1n) is 9.59. The molecule has 29 heavy (non-hydrogen) atoms. The van der Waals surface area contributed by atoms with Crippen LogP contribution in [0, 0.1) is 5.92 Å². The number of para-hydroxylation sites is 1. The normalized spacial score (nSPS) is 11.0. The van der Waals surface area contributed by atoms with Gasteiger partial charge in [0.05, 0.1) is 16.8 Å². The molecule has 0 saturated heterocycles. The molecule has 0 saturated carbocycles. The Bertz CT molecular complexity index is 1120. The molecule has 0 aliphatic carbocycles. The smallest absolute Gasteiger partial charge is 0.255 e. The van der Waals surface area contributed by atoms with Gasteiger partial charge < -0.3 is 10.1 Å². The predicted octanol–water partition coefficient (Wildman–Crippen LogP) is 6.25. The molecule has 5 heteroatoms. The number of anilines is 1. The maximum atomic E-state index is 12.7. The Morgan fingerprint density at radius 3 is 2.69 bits per heavy atom. The van der Waals surface area contributed by atoms with E-state index in [9.17, 15) is 4.79 Å². The Kier molecular flexibility index (Phi) is 5.58. The lowest BCUT2D eigenvalue weighted by atomic mass is 10.1. The summed E-state index contributed by atoms with van der Waals surface area (Å²) >= 11 is 1.64. The Balaban J connectivity index is 1.52. The molecular formula is C24H22N2O2S. The van der Waals surface area contributed by atoms with Gasteiger partial charge in [-0.25, -0.2) is 4.98 Å². The van der Waals surface area contributed by atoms with Crippen LogP contribution in [0.25, 0.3) is 20.8 Å². The molecule has 0 aliphatic rings. The van der Waals surface area contributed by atoms with Crippen molar-refractivity contribution in [1.29, 1.82) is 0 Å². The van der Waals surface area contributed by atoms with E-state index in [0.29, 0.717) is 23.8 Å². The second kappa shape index (κ2) is 8.45. The number of benzene rings is 3. The summed E-state index contributed by atoms with van der Waals surface area (Å²) in [6.45, 7) is 4.80. The van der Waals surface area contributed by atoms with E-state index in [4.69, 9.17) is 9.72 Å². The van der Waals surface area contributed by atoms with Gasteiger partial charge in [-0.2, -0.15) is 0 Å². The van der Waals surface area contributed by atoms with Crippen molar-refractivity contribution in [2.24, 2.45) is 5.92 Å². The number of thiazole rings is 1. The Hall–Kier alpha value is -3.18. The second-order valence-electron chi connectivity index (χ2n) is 7.25. The first-order valence-corrected chi connectivity index (χ1v) is 10.4. The van der Waals surface area contributed by atoms with E-state index < -0.39 is 0 Å². The third-order valence-corrected chi connectivity index (χ3v) is 5.43. The highest BCUT2D eigenvalue weighted by Gasteiger charge is 2.10. The monoisotopic (exact) mass is 402 g/mol. The van der Waals surface area contributed by atoms with Gasteiger partial charge in [0.1, 0.15) is 10.8 Å². The highest BCUT2D eigenvalue weighted by Crippen LogP contribution is 2.31. The molecule has 1 heterocycles. The minimum atomic E-state index is -0.165. The lowest BCUT2D eigenvalue weighted by Crippen LogP contribution is -2.12. The lowest BCUT2D eigenvalue weighted by Gasteiger charge is -2.10.